The smallest absolute Gasteiger partial charge is 0.0949 e. The maximum atomic E-state index is 8.59. The number of aliphatic hydroxyl groups is 1. The number of aryl methyl sites for hydroxylation is 1. The van der Waals surface area contributed by atoms with Crippen LogP contribution in [0.15, 0.2) is 12.5 Å². The van der Waals surface area contributed by atoms with Gasteiger partial charge in [0, 0.05) is 25.8 Å². The van der Waals surface area contributed by atoms with Crippen LogP contribution in [0.4, 0.5) is 0 Å². The number of nitrogens with zero attached hydrogens (tertiary/aromatic N) is 2. The second kappa shape index (κ2) is 5.72. The predicted octanol–water partition coefficient (Wildman–Crippen LogP) is 0.157. The second-order valence-electron chi connectivity index (χ2n) is 3.07. The molecule has 0 bridgehead atoms. The summed E-state index contributed by atoms with van der Waals surface area (Å²) in [5, 5.41) is 8.59. The first-order chi connectivity index (χ1) is 6.36. The van der Waals surface area contributed by atoms with Gasteiger partial charge in [-0.25, -0.2) is 4.98 Å². The molecule has 4 heteroatoms. The molecule has 0 aliphatic carbocycles. The molecule has 0 spiro atoms. The van der Waals surface area contributed by atoms with Crippen LogP contribution in [0.3, 0.4) is 0 Å². The SMILES string of the molecule is NCCc1cn(CCCCO)cn1. The Balaban J connectivity index is 2.31. The summed E-state index contributed by atoms with van der Waals surface area (Å²) >= 11 is 0. The molecule has 4 nitrogen and oxygen atoms in total. The molecule has 0 radical (unpaired) electrons. The number of aromatic nitrogens is 2. The first-order valence-electron chi connectivity index (χ1n) is 4.68. The number of rotatable bonds is 6. The van der Waals surface area contributed by atoms with Crippen LogP contribution in [-0.2, 0) is 13.0 Å². The third-order valence-corrected chi connectivity index (χ3v) is 1.91. The Labute approximate surface area is 78.4 Å². The molecule has 1 rings (SSSR count). The Morgan fingerprint density at radius 2 is 2.31 bits per heavy atom. The molecule has 0 aromatic carbocycles. The number of imidazole rings is 1. The third kappa shape index (κ3) is 3.57. The van der Waals surface area contributed by atoms with E-state index in [4.69, 9.17) is 10.8 Å². The van der Waals surface area contributed by atoms with Gasteiger partial charge in [-0.2, -0.15) is 0 Å². The first kappa shape index (κ1) is 10.2. The topological polar surface area (TPSA) is 64.1 Å². The molecule has 0 unspecified atom stereocenters. The van der Waals surface area contributed by atoms with Gasteiger partial charge < -0.3 is 15.4 Å². The molecule has 0 amide bonds. The zero-order chi connectivity index (χ0) is 9.52. The molecule has 0 aliphatic heterocycles. The Bertz CT molecular complexity index is 235. The number of aliphatic hydroxyl groups excluding tert-OH is 1. The zero-order valence-electron chi connectivity index (χ0n) is 7.82. The van der Waals surface area contributed by atoms with Crippen LogP contribution in [0.1, 0.15) is 18.5 Å². The van der Waals surface area contributed by atoms with Crippen LogP contribution in [-0.4, -0.2) is 27.8 Å². The van der Waals surface area contributed by atoms with Gasteiger partial charge in [0.1, 0.15) is 0 Å². The molecule has 13 heavy (non-hydrogen) atoms. The maximum absolute atomic E-state index is 8.59. The molecular weight excluding hydrogens is 166 g/mol. The number of unbranched alkanes of at least 4 members (excludes halogenated alkanes) is 1. The van der Waals surface area contributed by atoms with E-state index in [1.165, 1.54) is 0 Å². The van der Waals surface area contributed by atoms with E-state index in [0.717, 1.165) is 31.5 Å². The van der Waals surface area contributed by atoms with Gasteiger partial charge in [0.05, 0.1) is 12.0 Å². The molecule has 0 aliphatic rings. The predicted molar refractivity (Wildman–Crippen MR) is 51.3 cm³/mol. The van der Waals surface area contributed by atoms with Crippen molar-refractivity contribution in [1.82, 2.24) is 9.55 Å². The van der Waals surface area contributed by atoms with Crippen molar-refractivity contribution in [2.75, 3.05) is 13.2 Å². The van der Waals surface area contributed by atoms with E-state index in [1.807, 2.05) is 17.1 Å². The standard InChI is InChI=1S/C9H17N3O/c10-4-3-9-7-12(8-11-9)5-1-2-6-13/h7-8,13H,1-6,10H2. The summed E-state index contributed by atoms with van der Waals surface area (Å²) in [6.45, 7) is 1.84. The normalized spacial score (nSPS) is 10.6. The van der Waals surface area contributed by atoms with Gasteiger partial charge in [-0.15, -0.1) is 0 Å². The highest BCUT2D eigenvalue weighted by Crippen LogP contribution is 1.99. The van der Waals surface area contributed by atoms with Crippen LogP contribution >= 0.6 is 0 Å². The van der Waals surface area contributed by atoms with Crippen molar-refractivity contribution in [3.63, 3.8) is 0 Å². The molecule has 74 valence electrons. The van der Waals surface area contributed by atoms with Crippen molar-refractivity contribution < 1.29 is 5.11 Å². The van der Waals surface area contributed by atoms with Crippen molar-refractivity contribution >= 4 is 0 Å². The van der Waals surface area contributed by atoms with Crippen molar-refractivity contribution in [2.45, 2.75) is 25.8 Å². The summed E-state index contributed by atoms with van der Waals surface area (Å²) in [5.41, 5.74) is 6.46. The van der Waals surface area contributed by atoms with Gasteiger partial charge >= 0.3 is 0 Å². The fraction of sp³-hybridized carbons (Fsp3) is 0.667. The Hall–Kier alpha value is -0.870. The molecule has 1 aromatic heterocycles. The van der Waals surface area contributed by atoms with Crippen LogP contribution in [0, 0.1) is 0 Å². The monoisotopic (exact) mass is 183 g/mol. The minimum Gasteiger partial charge on any atom is -0.396 e. The summed E-state index contributed by atoms with van der Waals surface area (Å²) in [6, 6.07) is 0. The van der Waals surface area contributed by atoms with Crippen molar-refractivity contribution in [3.8, 4) is 0 Å². The highest BCUT2D eigenvalue weighted by molar-refractivity contribution is 4.96. The first-order valence-corrected chi connectivity index (χ1v) is 4.68. The molecule has 0 saturated carbocycles. The minimum atomic E-state index is 0.268. The Morgan fingerprint density at radius 3 is 3.00 bits per heavy atom. The summed E-state index contributed by atoms with van der Waals surface area (Å²) < 4.78 is 2.04. The van der Waals surface area contributed by atoms with Crippen LogP contribution in [0.25, 0.3) is 0 Å². The lowest BCUT2D eigenvalue weighted by Crippen LogP contribution is -2.02. The van der Waals surface area contributed by atoms with Gasteiger partial charge in [-0.1, -0.05) is 0 Å². The second-order valence-corrected chi connectivity index (χ2v) is 3.07. The fourth-order valence-electron chi connectivity index (χ4n) is 1.21. The van der Waals surface area contributed by atoms with E-state index in [9.17, 15) is 0 Å². The van der Waals surface area contributed by atoms with Crippen LogP contribution < -0.4 is 5.73 Å². The van der Waals surface area contributed by atoms with Gasteiger partial charge in [0.2, 0.25) is 0 Å². The lowest BCUT2D eigenvalue weighted by molar-refractivity contribution is 0.281. The quantitative estimate of drug-likeness (QED) is 0.617. The number of hydrogen-bond acceptors (Lipinski definition) is 3. The molecular formula is C9H17N3O. The third-order valence-electron chi connectivity index (χ3n) is 1.91. The largest absolute Gasteiger partial charge is 0.396 e. The average molecular weight is 183 g/mol. The summed E-state index contributed by atoms with van der Waals surface area (Å²) in [4.78, 5) is 4.21. The van der Waals surface area contributed by atoms with E-state index in [0.29, 0.717) is 6.54 Å². The van der Waals surface area contributed by atoms with E-state index in [1.54, 1.807) is 0 Å². The highest BCUT2D eigenvalue weighted by Gasteiger charge is 1.96. The fourth-order valence-corrected chi connectivity index (χ4v) is 1.21. The minimum absolute atomic E-state index is 0.268. The summed E-state index contributed by atoms with van der Waals surface area (Å²) in [5.74, 6) is 0. The van der Waals surface area contributed by atoms with E-state index in [-0.39, 0.29) is 6.61 Å². The van der Waals surface area contributed by atoms with E-state index in [2.05, 4.69) is 4.98 Å². The summed E-state index contributed by atoms with van der Waals surface area (Å²) in [7, 11) is 0. The van der Waals surface area contributed by atoms with E-state index < -0.39 is 0 Å². The Kier molecular flexibility index (Phi) is 4.49. The highest BCUT2D eigenvalue weighted by atomic mass is 16.2. The molecule has 3 N–H and O–H groups in total. The van der Waals surface area contributed by atoms with Gasteiger partial charge in [-0.3, -0.25) is 0 Å². The average Bonchev–Trinajstić information content (AvgIpc) is 2.54. The van der Waals surface area contributed by atoms with Crippen LogP contribution in [0.2, 0.25) is 0 Å². The lowest BCUT2D eigenvalue weighted by Gasteiger charge is -1.99. The molecule has 1 heterocycles. The molecule has 1 aromatic rings. The zero-order valence-corrected chi connectivity index (χ0v) is 7.82. The van der Waals surface area contributed by atoms with E-state index >= 15 is 0 Å². The van der Waals surface area contributed by atoms with Crippen molar-refractivity contribution in [2.24, 2.45) is 5.73 Å². The Morgan fingerprint density at radius 1 is 1.46 bits per heavy atom. The lowest BCUT2D eigenvalue weighted by atomic mass is 10.3. The van der Waals surface area contributed by atoms with Crippen molar-refractivity contribution in [3.05, 3.63) is 18.2 Å². The number of nitrogens with two attached hydrogens (primary N) is 1. The molecule has 0 fully saturated rings. The van der Waals surface area contributed by atoms with Gasteiger partial charge in [0.15, 0.2) is 0 Å². The van der Waals surface area contributed by atoms with Gasteiger partial charge in [-0.05, 0) is 19.4 Å². The summed E-state index contributed by atoms with van der Waals surface area (Å²) in [6.07, 6.45) is 6.53. The van der Waals surface area contributed by atoms with Crippen LogP contribution in [0.5, 0.6) is 0 Å². The van der Waals surface area contributed by atoms with Gasteiger partial charge in [0.25, 0.3) is 0 Å². The number of hydrogen-bond donors (Lipinski definition) is 2. The molecule has 0 atom stereocenters. The molecule has 0 saturated heterocycles. The maximum Gasteiger partial charge on any atom is 0.0949 e. The van der Waals surface area contributed by atoms with Crippen molar-refractivity contribution in [1.29, 1.82) is 0 Å².